The minimum atomic E-state index is 0.516. The van der Waals surface area contributed by atoms with E-state index < -0.39 is 0 Å². The number of methoxy groups -OCH3 is 1. The lowest BCUT2D eigenvalue weighted by Gasteiger charge is -2.31. The number of likely N-dealkylation sites (tertiary alicyclic amines) is 1. The number of piperidine rings is 1. The second-order valence-corrected chi connectivity index (χ2v) is 7.40. The Bertz CT molecular complexity index is 871. The smallest absolute Gasteiger partial charge is 0.213 e. The summed E-state index contributed by atoms with van der Waals surface area (Å²) in [5, 5.41) is 8.78. The molecule has 1 aliphatic rings. The molecule has 4 rings (SSSR count). The fourth-order valence-electron chi connectivity index (χ4n) is 3.81. The van der Waals surface area contributed by atoms with Gasteiger partial charge in [0.1, 0.15) is 0 Å². The Balaban J connectivity index is 1.26. The van der Waals surface area contributed by atoms with Gasteiger partial charge in [-0.15, -0.1) is 5.10 Å². The first-order valence-electron chi connectivity index (χ1n) is 9.95. The van der Waals surface area contributed by atoms with Gasteiger partial charge in [0.05, 0.1) is 19.3 Å². The average molecular weight is 377 g/mol. The van der Waals surface area contributed by atoms with Crippen molar-refractivity contribution in [3.8, 4) is 5.88 Å². The summed E-state index contributed by atoms with van der Waals surface area (Å²) in [5.74, 6) is 1.21. The Morgan fingerprint density at radius 2 is 1.89 bits per heavy atom. The van der Waals surface area contributed by atoms with E-state index in [0.29, 0.717) is 11.8 Å². The van der Waals surface area contributed by atoms with E-state index in [1.165, 1.54) is 11.1 Å². The summed E-state index contributed by atoms with van der Waals surface area (Å²) in [6.07, 6.45) is 7.25. The maximum atomic E-state index is 5.21. The molecule has 0 aliphatic carbocycles. The zero-order valence-corrected chi connectivity index (χ0v) is 16.4. The van der Waals surface area contributed by atoms with Crippen molar-refractivity contribution in [2.45, 2.75) is 31.7 Å². The SMILES string of the molecule is COc1cc(CCN2CCC(c3cn(Cc4ccccc4)nn3)CC2)ccn1. The summed E-state index contributed by atoms with van der Waals surface area (Å²) in [6.45, 7) is 4.07. The predicted octanol–water partition coefficient (Wildman–Crippen LogP) is 3.15. The molecule has 1 fully saturated rings. The number of hydrogen-bond acceptors (Lipinski definition) is 5. The number of nitrogens with zero attached hydrogens (tertiary/aromatic N) is 5. The first kappa shape index (κ1) is 18.6. The van der Waals surface area contributed by atoms with Crippen LogP contribution in [0.5, 0.6) is 5.88 Å². The molecule has 1 saturated heterocycles. The maximum Gasteiger partial charge on any atom is 0.213 e. The summed E-state index contributed by atoms with van der Waals surface area (Å²) < 4.78 is 7.16. The Labute approximate surface area is 166 Å². The molecule has 2 aromatic heterocycles. The van der Waals surface area contributed by atoms with Crippen LogP contribution in [0.25, 0.3) is 0 Å². The van der Waals surface area contributed by atoms with Crippen LogP contribution in [-0.4, -0.2) is 51.6 Å². The lowest BCUT2D eigenvalue weighted by molar-refractivity contribution is 0.213. The molecule has 28 heavy (non-hydrogen) atoms. The molecule has 6 heteroatoms. The summed E-state index contributed by atoms with van der Waals surface area (Å²) in [6, 6.07) is 14.5. The fourth-order valence-corrected chi connectivity index (χ4v) is 3.81. The zero-order chi connectivity index (χ0) is 19.2. The second-order valence-electron chi connectivity index (χ2n) is 7.40. The molecule has 0 unspecified atom stereocenters. The van der Waals surface area contributed by atoms with Crippen LogP contribution in [0.15, 0.2) is 54.9 Å². The molecular formula is C22H27N5O. The van der Waals surface area contributed by atoms with Crippen molar-refractivity contribution in [1.82, 2.24) is 24.9 Å². The van der Waals surface area contributed by atoms with Crippen LogP contribution in [0.1, 0.15) is 35.6 Å². The van der Waals surface area contributed by atoms with Gasteiger partial charge in [-0.2, -0.15) is 0 Å². The van der Waals surface area contributed by atoms with E-state index in [4.69, 9.17) is 4.74 Å². The van der Waals surface area contributed by atoms with Crippen LogP contribution in [0, 0.1) is 0 Å². The van der Waals surface area contributed by atoms with Gasteiger partial charge in [0.2, 0.25) is 5.88 Å². The van der Waals surface area contributed by atoms with Gasteiger partial charge < -0.3 is 9.64 Å². The molecule has 0 atom stereocenters. The lowest BCUT2D eigenvalue weighted by atomic mass is 9.94. The Morgan fingerprint density at radius 1 is 1.07 bits per heavy atom. The van der Waals surface area contributed by atoms with Gasteiger partial charge in [0.15, 0.2) is 0 Å². The first-order valence-corrected chi connectivity index (χ1v) is 9.95. The van der Waals surface area contributed by atoms with Crippen molar-refractivity contribution in [2.24, 2.45) is 0 Å². The van der Waals surface area contributed by atoms with E-state index >= 15 is 0 Å². The van der Waals surface area contributed by atoms with E-state index in [1.54, 1.807) is 7.11 Å². The summed E-state index contributed by atoms with van der Waals surface area (Å²) >= 11 is 0. The molecule has 0 saturated carbocycles. The third-order valence-electron chi connectivity index (χ3n) is 5.47. The lowest BCUT2D eigenvalue weighted by Crippen LogP contribution is -2.34. The molecule has 146 valence electrons. The van der Waals surface area contributed by atoms with Crippen molar-refractivity contribution < 1.29 is 4.74 Å². The van der Waals surface area contributed by atoms with Crippen molar-refractivity contribution in [3.05, 3.63) is 71.7 Å². The number of benzene rings is 1. The molecule has 0 radical (unpaired) electrons. The van der Waals surface area contributed by atoms with E-state index in [0.717, 1.165) is 51.1 Å². The molecule has 0 spiro atoms. The Kier molecular flexibility index (Phi) is 5.97. The molecule has 0 N–H and O–H groups in total. The normalized spacial score (nSPS) is 15.6. The third-order valence-corrected chi connectivity index (χ3v) is 5.47. The number of pyridine rings is 1. The fraction of sp³-hybridized carbons (Fsp3) is 0.409. The van der Waals surface area contributed by atoms with Crippen LogP contribution in [0.2, 0.25) is 0 Å². The van der Waals surface area contributed by atoms with Gasteiger partial charge in [0, 0.05) is 30.9 Å². The minimum absolute atomic E-state index is 0.516. The van der Waals surface area contributed by atoms with Gasteiger partial charge in [0.25, 0.3) is 0 Å². The van der Waals surface area contributed by atoms with E-state index in [9.17, 15) is 0 Å². The quantitative estimate of drug-likeness (QED) is 0.633. The monoisotopic (exact) mass is 377 g/mol. The molecule has 0 amide bonds. The highest BCUT2D eigenvalue weighted by Gasteiger charge is 2.22. The van der Waals surface area contributed by atoms with Crippen molar-refractivity contribution in [1.29, 1.82) is 0 Å². The first-order chi connectivity index (χ1) is 13.8. The Morgan fingerprint density at radius 3 is 2.68 bits per heavy atom. The molecule has 1 aliphatic heterocycles. The molecule has 0 bridgehead atoms. The topological polar surface area (TPSA) is 56.1 Å². The van der Waals surface area contributed by atoms with Crippen LogP contribution < -0.4 is 4.74 Å². The number of hydrogen-bond donors (Lipinski definition) is 0. The largest absolute Gasteiger partial charge is 0.481 e. The zero-order valence-electron chi connectivity index (χ0n) is 16.4. The average Bonchev–Trinajstić information content (AvgIpc) is 3.22. The number of rotatable bonds is 7. The van der Waals surface area contributed by atoms with Gasteiger partial charge >= 0.3 is 0 Å². The van der Waals surface area contributed by atoms with Gasteiger partial charge in [-0.1, -0.05) is 35.5 Å². The highest BCUT2D eigenvalue weighted by atomic mass is 16.5. The summed E-state index contributed by atoms with van der Waals surface area (Å²) in [7, 11) is 1.66. The van der Waals surface area contributed by atoms with Gasteiger partial charge in [-0.3, -0.25) is 0 Å². The van der Waals surface area contributed by atoms with Crippen molar-refractivity contribution in [3.63, 3.8) is 0 Å². The molecule has 3 aromatic rings. The van der Waals surface area contributed by atoms with E-state index in [1.807, 2.05) is 23.0 Å². The molecule has 1 aromatic carbocycles. The predicted molar refractivity (Wildman–Crippen MR) is 108 cm³/mol. The van der Waals surface area contributed by atoms with Crippen LogP contribution >= 0.6 is 0 Å². The van der Waals surface area contributed by atoms with E-state index in [2.05, 4.69) is 56.7 Å². The molecule has 6 nitrogen and oxygen atoms in total. The summed E-state index contributed by atoms with van der Waals surface area (Å²) in [5.41, 5.74) is 3.66. The summed E-state index contributed by atoms with van der Waals surface area (Å²) in [4.78, 5) is 6.71. The highest BCUT2D eigenvalue weighted by molar-refractivity contribution is 5.20. The number of ether oxygens (including phenoxy) is 1. The van der Waals surface area contributed by atoms with Crippen LogP contribution in [0.3, 0.4) is 0 Å². The maximum absolute atomic E-state index is 5.21. The molecular weight excluding hydrogens is 350 g/mol. The van der Waals surface area contributed by atoms with Gasteiger partial charge in [-0.25, -0.2) is 9.67 Å². The van der Waals surface area contributed by atoms with Crippen LogP contribution in [0.4, 0.5) is 0 Å². The minimum Gasteiger partial charge on any atom is -0.481 e. The van der Waals surface area contributed by atoms with Gasteiger partial charge in [-0.05, 0) is 49.5 Å². The molecule has 3 heterocycles. The number of aromatic nitrogens is 4. The Hall–Kier alpha value is -2.73. The second kappa shape index (κ2) is 8.97. The highest BCUT2D eigenvalue weighted by Crippen LogP contribution is 2.26. The van der Waals surface area contributed by atoms with Crippen LogP contribution in [-0.2, 0) is 13.0 Å². The van der Waals surface area contributed by atoms with Crippen molar-refractivity contribution in [2.75, 3.05) is 26.7 Å². The van der Waals surface area contributed by atoms with Crippen molar-refractivity contribution >= 4 is 0 Å². The third kappa shape index (κ3) is 4.75. The van der Waals surface area contributed by atoms with E-state index in [-0.39, 0.29) is 0 Å². The standard InChI is InChI=1S/C22H27N5O/c1-28-22-15-18(7-11-23-22)8-12-26-13-9-20(10-14-26)21-17-27(25-24-21)16-19-5-3-2-4-6-19/h2-7,11,15,17,20H,8-10,12-14,16H2,1H3.